The van der Waals surface area contributed by atoms with Crippen LogP contribution < -0.4 is 11.1 Å². The average molecular weight is 190 g/mol. The van der Waals surface area contributed by atoms with Crippen LogP contribution in [-0.2, 0) is 4.79 Å². The van der Waals surface area contributed by atoms with Crippen LogP contribution in [0.2, 0.25) is 0 Å². The first-order valence-corrected chi connectivity index (χ1v) is 4.72. The second kappa shape index (κ2) is 3.10. The molecular formula is C11H14N2O. The Balaban J connectivity index is 2.33. The van der Waals surface area contributed by atoms with Gasteiger partial charge in [0.25, 0.3) is 0 Å². The number of amides is 1. The van der Waals surface area contributed by atoms with Crippen molar-refractivity contribution in [2.75, 3.05) is 0 Å². The predicted octanol–water partition coefficient (Wildman–Crippen LogP) is 0.802. The van der Waals surface area contributed by atoms with Crippen molar-refractivity contribution < 1.29 is 4.79 Å². The molecule has 2 atom stereocenters. The standard InChI is InChI=1S/C11H14N2O/c1-6-3-4-7(2)8(5-6)10-9(12)11(14)13-10/h3-5,9-10H,12H2,1-2H3,(H,13,14). The molecule has 1 heterocycles. The fraction of sp³-hybridized carbons (Fsp3) is 0.364. The van der Waals surface area contributed by atoms with Gasteiger partial charge in [0.15, 0.2) is 0 Å². The molecule has 0 aromatic heterocycles. The summed E-state index contributed by atoms with van der Waals surface area (Å²) in [4.78, 5) is 11.0. The van der Waals surface area contributed by atoms with Gasteiger partial charge in [0.2, 0.25) is 5.91 Å². The number of benzene rings is 1. The summed E-state index contributed by atoms with van der Waals surface area (Å²) < 4.78 is 0. The Morgan fingerprint density at radius 2 is 2.07 bits per heavy atom. The summed E-state index contributed by atoms with van der Waals surface area (Å²) in [5.41, 5.74) is 9.21. The third kappa shape index (κ3) is 1.30. The minimum atomic E-state index is -0.379. The van der Waals surface area contributed by atoms with Crippen molar-refractivity contribution in [3.8, 4) is 0 Å². The van der Waals surface area contributed by atoms with Crippen molar-refractivity contribution >= 4 is 5.91 Å². The zero-order valence-corrected chi connectivity index (χ0v) is 8.37. The Labute approximate surface area is 83.3 Å². The third-order valence-corrected chi connectivity index (χ3v) is 2.73. The molecule has 0 spiro atoms. The average Bonchev–Trinajstić information content (AvgIpc) is 2.18. The number of hydrogen-bond donors (Lipinski definition) is 2. The Kier molecular flexibility index (Phi) is 2.04. The van der Waals surface area contributed by atoms with Crippen LogP contribution in [0, 0.1) is 13.8 Å². The predicted molar refractivity (Wildman–Crippen MR) is 54.8 cm³/mol. The number of β-lactam (4-membered cyclic amide) rings is 1. The number of carbonyl (C=O) groups is 1. The molecule has 3 nitrogen and oxygen atoms in total. The van der Waals surface area contributed by atoms with E-state index in [1.54, 1.807) is 0 Å². The van der Waals surface area contributed by atoms with E-state index in [4.69, 9.17) is 5.73 Å². The lowest BCUT2D eigenvalue weighted by atomic mass is 9.88. The Morgan fingerprint density at radius 1 is 1.36 bits per heavy atom. The van der Waals surface area contributed by atoms with Crippen molar-refractivity contribution in [3.05, 3.63) is 34.9 Å². The monoisotopic (exact) mass is 190 g/mol. The fourth-order valence-corrected chi connectivity index (χ4v) is 1.76. The van der Waals surface area contributed by atoms with Gasteiger partial charge >= 0.3 is 0 Å². The zero-order valence-electron chi connectivity index (χ0n) is 8.37. The van der Waals surface area contributed by atoms with Crippen LogP contribution in [0.1, 0.15) is 22.7 Å². The molecule has 1 aliphatic heterocycles. The summed E-state index contributed by atoms with van der Waals surface area (Å²) in [5.74, 6) is -0.0593. The Morgan fingerprint density at radius 3 is 2.64 bits per heavy atom. The van der Waals surface area contributed by atoms with Crippen LogP contribution in [0.5, 0.6) is 0 Å². The first kappa shape index (κ1) is 9.21. The molecule has 0 aliphatic carbocycles. The fourth-order valence-electron chi connectivity index (χ4n) is 1.76. The highest BCUT2D eigenvalue weighted by molar-refractivity contribution is 5.89. The largest absolute Gasteiger partial charge is 0.346 e. The normalized spacial score (nSPS) is 25.5. The van der Waals surface area contributed by atoms with E-state index in [2.05, 4.69) is 23.5 Å². The first-order chi connectivity index (χ1) is 6.59. The molecular weight excluding hydrogens is 176 g/mol. The summed E-state index contributed by atoms with van der Waals surface area (Å²) in [6.07, 6.45) is 0. The van der Waals surface area contributed by atoms with Gasteiger partial charge in [0.1, 0.15) is 6.04 Å². The van der Waals surface area contributed by atoms with Crippen LogP contribution in [0.25, 0.3) is 0 Å². The van der Waals surface area contributed by atoms with Crippen LogP contribution in [0.15, 0.2) is 18.2 Å². The van der Waals surface area contributed by atoms with E-state index in [-0.39, 0.29) is 18.0 Å². The summed E-state index contributed by atoms with van der Waals surface area (Å²) in [7, 11) is 0. The van der Waals surface area contributed by atoms with E-state index >= 15 is 0 Å². The highest BCUT2D eigenvalue weighted by Crippen LogP contribution is 2.26. The number of carbonyl (C=O) groups excluding carboxylic acids is 1. The Hall–Kier alpha value is -1.35. The maximum atomic E-state index is 11.0. The van der Waals surface area contributed by atoms with Gasteiger partial charge in [-0.3, -0.25) is 4.79 Å². The SMILES string of the molecule is Cc1ccc(C)c(C2NC(=O)C2N)c1. The molecule has 1 saturated heterocycles. The van der Waals surface area contributed by atoms with E-state index in [1.807, 2.05) is 13.8 Å². The van der Waals surface area contributed by atoms with Crippen molar-refractivity contribution in [1.82, 2.24) is 5.32 Å². The number of aryl methyl sites for hydroxylation is 2. The minimum Gasteiger partial charge on any atom is -0.346 e. The van der Waals surface area contributed by atoms with Gasteiger partial charge in [-0.15, -0.1) is 0 Å². The quantitative estimate of drug-likeness (QED) is 0.644. The molecule has 2 rings (SSSR count). The van der Waals surface area contributed by atoms with Gasteiger partial charge in [-0.05, 0) is 25.0 Å². The summed E-state index contributed by atoms with van der Waals surface area (Å²) >= 11 is 0. The maximum absolute atomic E-state index is 11.0. The topological polar surface area (TPSA) is 55.1 Å². The molecule has 1 amide bonds. The second-order valence-electron chi connectivity index (χ2n) is 3.87. The van der Waals surface area contributed by atoms with Gasteiger partial charge < -0.3 is 11.1 Å². The van der Waals surface area contributed by atoms with Crippen molar-refractivity contribution in [2.45, 2.75) is 25.9 Å². The molecule has 1 aromatic rings. The molecule has 14 heavy (non-hydrogen) atoms. The van der Waals surface area contributed by atoms with Crippen LogP contribution >= 0.6 is 0 Å². The number of rotatable bonds is 1. The molecule has 0 radical (unpaired) electrons. The van der Waals surface area contributed by atoms with Crippen molar-refractivity contribution in [3.63, 3.8) is 0 Å². The molecule has 3 heteroatoms. The number of nitrogens with two attached hydrogens (primary N) is 1. The highest BCUT2D eigenvalue weighted by Gasteiger charge is 2.37. The molecule has 3 N–H and O–H groups in total. The lowest BCUT2D eigenvalue weighted by molar-refractivity contribution is -0.130. The lowest BCUT2D eigenvalue weighted by Crippen LogP contribution is -2.60. The zero-order chi connectivity index (χ0) is 10.3. The highest BCUT2D eigenvalue weighted by atomic mass is 16.2. The van der Waals surface area contributed by atoms with Gasteiger partial charge in [0.05, 0.1) is 6.04 Å². The maximum Gasteiger partial charge on any atom is 0.239 e. The van der Waals surface area contributed by atoms with E-state index < -0.39 is 0 Å². The number of nitrogens with one attached hydrogen (secondary N) is 1. The van der Waals surface area contributed by atoms with Crippen LogP contribution in [0.4, 0.5) is 0 Å². The minimum absolute atomic E-state index is 0.00222. The lowest BCUT2D eigenvalue weighted by Gasteiger charge is -2.35. The number of hydrogen-bond acceptors (Lipinski definition) is 2. The van der Waals surface area contributed by atoms with Gasteiger partial charge in [0, 0.05) is 0 Å². The van der Waals surface area contributed by atoms with Crippen LogP contribution in [-0.4, -0.2) is 11.9 Å². The second-order valence-corrected chi connectivity index (χ2v) is 3.87. The summed E-state index contributed by atoms with van der Waals surface area (Å²) in [6.45, 7) is 4.07. The summed E-state index contributed by atoms with van der Waals surface area (Å²) in [5, 5.41) is 2.81. The van der Waals surface area contributed by atoms with E-state index in [9.17, 15) is 4.79 Å². The van der Waals surface area contributed by atoms with Crippen LogP contribution in [0.3, 0.4) is 0 Å². The van der Waals surface area contributed by atoms with E-state index in [0.29, 0.717) is 0 Å². The van der Waals surface area contributed by atoms with Gasteiger partial charge in [-0.1, -0.05) is 23.8 Å². The molecule has 2 unspecified atom stereocenters. The third-order valence-electron chi connectivity index (χ3n) is 2.73. The molecule has 0 bridgehead atoms. The molecule has 1 aliphatic rings. The molecule has 0 saturated carbocycles. The van der Waals surface area contributed by atoms with Gasteiger partial charge in [-0.25, -0.2) is 0 Å². The van der Waals surface area contributed by atoms with Crippen molar-refractivity contribution in [2.24, 2.45) is 5.73 Å². The van der Waals surface area contributed by atoms with E-state index in [1.165, 1.54) is 11.1 Å². The van der Waals surface area contributed by atoms with Crippen molar-refractivity contribution in [1.29, 1.82) is 0 Å². The molecule has 1 aromatic carbocycles. The molecule has 1 fully saturated rings. The summed E-state index contributed by atoms with van der Waals surface area (Å²) in [6, 6.07) is 5.82. The Bertz CT molecular complexity index is 387. The van der Waals surface area contributed by atoms with Gasteiger partial charge in [-0.2, -0.15) is 0 Å². The first-order valence-electron chi connectivity index (χ1n) is 4.72. The molecule has 74 valence electrons. The smallest absolute Gasteiger partial charge is 0.239 e. The van der Waals surface area contributed by atoms with E-state index in [0.717, 1.165) is 5.56 Å².